The zero-order valence-electron chi connectivity index (χ0n) is 10.6. The third-order valence-corrected chi connectivity index (χ3v) is 2.92. The van der Waals surface area contributed by atoms with E-state index in [0.717, 1.165) is 38.5 Å². The number of esters is 1. The Hall–Kier alpha value is -1.12. The van der Waals surface area contributed by atoms with E-state index in [4.69, 9.17) is 4.74 Å². The van der Waals surface area contributed by atoms with Gasteiger partial charge in [0.2, 0.25) is 0 Å². The molecule has 1 aliphatic heterocycles. The van der Waals surface area contributed by atoms with E-state index in [1.807, 2.05) is 13.0 Å². The van der Waals surface area contributed by atoms with Crippen molar-refractivity contribution in [2.45, 2.75) is 64.4 Å². The van der Waals surface area contributed by atoms with Crippen LogP contribution in [0.15, 0.2) is 12.2 Å². The Morgan fingerprint density at radius 1 is 1.12 bits per heavy atom. The fourth-order valence-electron chi connectivity index (χ4n) is 1.91. The van der Waals surface area contributed by atoms with E-state index in [-0.39, 0.29) is 17.9 Å². The molecule has 0 saturated carbocycles. The van der Waals surface area contributed by atoms with Gasteiger partial charge in [-0.15, -0.1) is 0 Å². The Morgan fingerprint density at radius 3 is 2.76 bits per heavy atom. The molecule has 1 unspecified atom stereocenters. The minimum absolute atomic E-state index is 0.0674. The van der Waals surface area contributed by atoms with Crippen molar-refractivity contribution in [3.05, 3.63) is 12.2 Å². The molecule has 1 aliphatic rings. The molecule has 3 nitrogen and oxygen atoms in total. The SMILES string of the molecule is CC1CCCC(=O)/C=C/CCCCCC(=O)O1. The highest BCUT2D eigenvalue weighted by Gasteiger charge is 2.10. The Balaban J connectivity index is 2.42. The first-order chi connectivity index (χ1) is 8.18. The van der Waals surface area contributed by atoms with Crippen LogP contribution < -0.4 is 0 Å². The van der Waals surface area contributed by atoms with Gasteiger partial charge in [0.25, 0.3) is 0 Å². The van der Waals surface area contributed by atoms with Crippen LogP contribution in [0.1, 0.15) is 58.3 Å². The molecule has 1 heterocycles. The van der Waals surface area contributed by atoms with Gasteiger partial charge in [-0.05, 0) is 45.1 Å². The fourth-order valence-corrected chi connectivity index (χ4v) is 1.91. The van der Waals surface area contributed by atoms with Crippen molar-refractivity contribution >= 4 is 11.8 Å². The summed E-state index contributed by atoms with van der Waals surface area (Å²) in [6, 6.07) is 0. The number of hydrogen-bond donors (Lipinski definition) is 0. The van der Waals surface area contributed by atoms with Gasteiger partial charge in [-0.1, -0.05) is 12.5 Å². The minimum Gasteiger partial charge on any atom is -0.463 e. The van der Waals surface area contributed by atoms with E-state index in [1.165, 1.54) is 0 Å². The third-order valence-electron chi connectivity index (χ3n) is 2.92. The van der Waals surface area contributed by atoms with Crippen LogP contribution in [-0.2, 0) is 14.3 Å². The standard InChI is InChI=1S/C14H22O3/c1-12-8-7-10-13(15)9-5-3-2-4-6-11-14(16)17-12/h5,9,12H,2-4,6-8,10-11H2,1H3/b9-5+. The number of allylic oxidation sites excluding steroid dienone is 2. The van der Waals surface area contributed by atoms with E-state index in [1.54, 1.807) is 6.08 Å². The van der Waals surface area contributed by atoms with Crippen molar-refractivity contribution in [2.75, 3.05) is 0 Å². The Bertz CT molecular complexity index is 281. The largest absolute Gasteiger partial charge is 0.463 e. The van der Waals surface area contributed by atoms with Gasteiger partial charge in [0.05, 0.1) is 6.10 Å². The first-order valence-corrected chi connectivity index (χ1v) is 6.57. The summed E-state index contributed by atoms with van der Waals surface area (Å²) in [5.41, 5.74) is 0. The molecule has 1 rings (SSSR count). The van der Waals surface area contributed by atoms with Crippen molar-refractivity contribution in [1.29, 1.82) is 0 Å². The molecule has 0 amide bonds. The molecule has 0 bridgehead atoms. The van der Waals surface area contributed by atoms with Crippen molar-refractivity contribution in [3.63, 3.8) is 0 Å². The Kier molecular flexibility index (Phi) is 6.60. The summed E-state index contributed by atoms with van der Waals surface area (Å²) in [6.45, 7) is 1.89. The van der Waals surface area contributed by atoms with E-state index in [9.17, 15) is 9.59 Å². The van der Waals surface area contributed by atoms with Crippen LogP contribution in [0, 0.1) is 0 Å². The van der Waals surface area contributed by atoms with Gasteiger partial charge in [0.1, 0.15) is 0 Å². The summed E-state index contributed by atoms with van der Waals surface area (Å²) in [5, 5.41) is 0. The molecular formula is C14H22O3. The molecule has 0 saturated heterocycles. The van der Waals surface area contributed by atoms with Crippen molar-refractivity contribution in [2.24, 2.45) is 0 Å². The second kappa shape index (κ2) is 8.04. The van der Waals surface area contributed by atoms with Crippen LogP contribution in [0.3, 0.4) is 0 Å². The quantitative estimate of drug-likeness (QED) is 0.609. The molecule has 0 N–H and O–H groups in total. The first-order valence-electron chi connectivity index (χ1n) is 6.57. The van der Waals surface area contributed by atoms with Crippen LogP contribution in [0.4, 0.5) is 0 Å². The average Bonchev–Trinajstić information content (AvgIpc) is 2.26. The van der Waals surface area contributed by atoms with Crippen LogP contribution in [0.5, 0.6) is 0 Å². The van der Waals surface area contributed by atoms with Gasteiger partial charge < -0.3 is 4.74 Å². The molecule has 96 valence electrons. The number of carbonyl (C=O) groups excluding carboxylic acids is 2. The monoisotopic (exact) mass is 238 g/mol. The first kappa shape index (κ1) is 13.9. The lowest BCUT2D eigenvalue weighted by molar-refractivity contribution is -0.148. The van der Waals surface area contributed by atoms with Crippen LogP contribution >= 0.6 is 0 Å². The average molecular weight is 238 g/mol. The van der Waals surface area contributed by atoms with Crippen LogP contribution in [0.25, 0.3) is 0 Å². The molecule has 0 aromatic rings. The number of cyclic esters (lactones) is 1. The molecule has 3 heteroatoms. The zero-order chi connectivity index (χ0) is 12.5. The maximum Gasteiger partial charge on any atom is 0.306 e. The second-order valence-corrected chi connectivity index (χ2v) is 4.66. The van der Waals surface area contributed by atoms with Crippen LogP contribution in [0.2, 0.25) is 0 Å². The molecule has 0 aromatic heterocycles. The third kappa shape index (κ3) is 6.93. The maximum absolute atomic E-state index is 11.4. The smallest absolute Gasteiger partial charge is 0.306 e. The topological polar surface area (TPSA) is 43.4 Å². The van der Waals surface area contributed by atoms with Crippen molar-refractivity contribution < 1.29 is 14.3 Å². The lowest BCUT2D eigenvalue weighted by Crippen LogP contribution is -2.15. The molecule has 17 heavy (non-hydrogen) atoms. The Labute approximate surface area is 103 Å². The number of rotatable bonds is 0. The van der Waals surface area contributed by atoms with Gasteiger partial charge >= 0.3 is 5.97 Å². The van der Waals surface area contributed by atoms with Crippen molar-refractivity contribution in [1.82, 2.24) is 0 Å². The predicted octanol–water partition coefficient (Wildman–Crippen LogP) is 3.18. The van der Waals surface area contributed by atoms with Crippen molar-refractivity contribution in [3.8, 4) is 0 Å². The molecule has 0 aliphatic carbocycles. The second-order valence-electron chi connectivity index (χ2n) is 4.66. The summed E-state index contributed by atoms with van der Waals surface area (Å²) in [4.78, 5) is 22.9. The Morgan fingerprint density at radius 2 is 1.94 bits per heavy atom. The van der Waals surface area contributed by atoms with Gasteiger partial charge in [0.15, 0.2) is 5.78 Å². The number of hydrogen-bond acceptors (Lipinski definition) is 3. The summed E-state index contributed by atoms with van der Waals surface area (Å²) in [6.07, 6.45) is 10.1. The highest BCUT2D eigenvalue weighted by atomic mass is 16.5. The van der Waals surface area contributed by atoms with Gasteiger partial charge in [0, 0.05) is 12.8 Å². The lowest BCUT2D eigenvalue weighted by atomic mass is 10.1. The van der Waals surface area contributed by atoms with E-state index >= 15 is 0 Å². The molecule has 0 spiro atoms. The van der Waals surface area contributed by atoms with Crippen LogP contribution in [-0.4, -0.2) is 17.9 Å². The maximum atomic E-state index is 11.4. The van der Waals surface area contributed by atoms with Gasteiger partial charge in [-0.25, -0.2) is 0 Å². The molecule has 0 radical (unpaired) electrons. The summed E-state index contributed by atoms with van der Waals surface area (Å²) in [5.74, 6) is 0.0806. The highest BCUT2D eigenvalue weighted by molar-refractivity contribution is 5.89. The van der Waals surface area contributed by atoms with Gasteiger partial charge in [-0.2, -0.15) is 0 Å². The molecule has 0 aromatic carbocycles. The predicted molar refractivity (Wildman–Crippen MR) is 66.6 cm³/mol. The molecular weight excluding hydrogens is 216 g/mol. The number of ether oxygens (including phenoxy) is 1. The zero-order valence-corrected chi connectivity index (χ0v) is 10.6. The van der Waals surface area contributed by atoms with E-state index in [0.29, 0.717) is 12.8 Å². The summed E-state index contributed by atoms with van der Waals surface area (Å²) >= 11 is 0. The number of carbonyl (C=O) groups is 2. The van der Waals surface area contributed by atoms with Gasteiger partial charge in [-0.3, -0.25) is 9.59 Å². The molecule has 1 atom stereocenters. The summed E-state index contributed by atoms with van der Waals surface area (Å²) in [7, 11) is 0. The fraction of sp³-hybridized carbons (Fsp3) is 0.714. The minimum atomic E-state index is -0.101. The lowest BCUT2D eigenvalue weighted by Gasteiger charge is -2.13. The summed E-state index contributed by atoms with van der Waals surface area (Å²) < 4.78 is 5.26. The van der Waals surface area contributed by atoms with E-state index in [2.05, 4.69) is 0 Å². The molecule has 0 fully saturated rings. The highest BCUT2D eigenvalue weighted by Crippen LogP contribution is 2.10. The number of ketones is 1. The van der Waals surface area contributed by atoms with E-state index < -0.39 is 0 Å². The normalized spacial score (nSPS) is 27.0.